The Kier molecular flexibility index (Phi) is 3.70. The molecule has 5 heteroatoms. The minimum atomic E-state index is -1.50. The normalized spacial score (nSPS) is 23.0. The minimum absolute atomic E-state index is 0.565. The van der Waals surface area contributed by atoms with E-state index in [2.05, 4.69) is 6.92 Å². The number of hydrogen-bond donors (Lipinski definition) is 1. The van der Waals surface area contributed by atoms with Gasteiger partial charge in [-0.2, -0.15) is 0 Å². The lowest BCUT2D eigenvalue weighted by molar-refractivity contribution is -0.742. The second-order valence-corrected chi connectivity index (χ2v) is 1.71. The smallest absolute Gasteiger partial charge is 0.291 e. The van der Waals surface area contributed by atoms with Gasteiger partial charge in [0.05, 0.1) is 6.10 Å². The lowest BCUT2D eigenvalue weighted by Gasteiger charge is -2.20. The molecular formula is C4H9NO4. The van der Waals surface area contributed by atoms with Crippen LogP contribution in [0, 0.1) is 10.1 Å². The largest absolute Gasteiger partial charge is 0.378 e. The van der Waals surface area contributed by atoms with Crippen molar-refractivity contribution in [3.63, 3.8) is 0 Å². The first-order chi connectivity index (χ1) is 4.13. The van der Waals surface area contributed by atoms with E-state index in [1.54, 1.807) is 0 Å². The Morgan fingerprint density at radius 2 is 2.11 bits per heavy atom. The highest BCUT2D eigenvalue weighted by Gasteiger charge is 2.09. The van der Waals surface area contributed by atoms with Crippen LogP contribution >= 0.6 is 0 Å². The average Bonchev–Trinajstić information content (AvgIpc) is 1.59. The van der Waals surface area contributed by atoms with Crippen LogP contribution in [-0.2, 0) is 4.74 Å². The predicted octanol–water partition coefficient (Wildman–Crippen LogP) is 0.447. The zero-order valence-corrected chi connectivity index (χ0v) is 5.11. The molecule has 0 radical (unpaired) electrons. The number of nitrogens with zero attached hydrogens (tertiary/aromatic N) is 1. The Balaban J connectivity index is 0.000000148. The van der Waals surface area contributed by atoms with Crippen molar-refractivity contribution >= 4 is 0 Å². The molecule has 1 aliphatic rings. The van der Waals surface area contributed by atoms with Gasteiger partial charge in [-0.25, -0.2) is 0 Å². The molecule has 1 rings (SSSR count). The van der Waals surface area contributed by atoms with Crippen molar-refractivity contribution in [1.82, 2.24) is 0 Å². The van der Waals surface area contributed by atoms with Crippen LogP contribution in [0.2, 0.25) is 0 Å². The monoisotopic (exact) mass is 135 g/mol. The van der Waals surface area contributed by atoms with E-state index in [-0.39, 0.29) is 0 Å². The van der Waals surface area contributed by atoms with Gasteiger partial charge in [0, 0.05) is 6.61 Å². The van der Waals surface area contributed by atoms with Gasteiger partial charge in [0.25, 0.3) is 5.09 Å². The topological polar surface area (TPSA) is 72.6 Å². The van der Waals surface area contributed by atoms with Crippen LogP contribution in [0.4, 0.5) is 0 Å². The SMILES string of the molecule is CC1CCO1.O=[N+]([O-])O. The highest BCUT2D eigenvalue weighted by atomic mass is 16.9. The zero-order chi connectivity index (χ0) is 7.28. The maximum atomic E-state index is 8.36. The van der Waals surface area contributed by atoms with E-state index in [4.69, 9.17) is 20.1 Å². The van der Waals surface area contributed by atoms with Crippen LogP contribution in [0.3, 0.4) is 0 Å². The van der Waals surface area contributed by atoms with E-state index < -0.39 is 5.09 Å². The summed E-state index contributed by atoms with van der Waals surface area (Å²) in [5, 5.41) is 13.6. The fourth-order valence-corrected chi connectivity index (χ4v) is 0.354. The van der Waals surface area contributed by atoms with Gasteiger partial charge in [-0.3, -0.25) is 0 Å². The molecule has 1 fully saturated rings. The van der Waals surface area contributed by atoms with Gasteiger partial charge in [-0.05, 0) is 13.3 Å². The third-order valence-electron chi connectivity index (χ3n) is 0.927. The molecule has 0 aliphatic carbocycles. The second kappa shape index (κ2) is 4.08. The molecule has 0 aromatic rings. The molecule has 5 nitrogen and oxygen atoms in total. The third kappa shape index (κ3) is 7.16. The van der Waals surface area contributed by atoms with E-state index >= 15 is 0 Å². The quantitative estimate of drug-likeness (QED) is 0.386. The summed E-state index contributed by atoms with van der Waals surface area (Å²) < 4.78 is 4.93. The standard InChI is InChI=1S/C4H8O.HNO3/c1-4-2-3-5-4;2-1(3)4/h4H,2-3H2,1H3;(H,2,3,4). The van der Waals surface area contributed by atoms with Crippen molar-refractivity contribution in [3.05, 3.63) is 10.1 Å². The molecule has 0 amide bonds. The maximum absolute atomic E-state index is 8.36. The van der Waals surface area contributed by atoms with Crippen LogP contribution in [0.15, 0.2) is 0 Å². The summed E-state index contributed by atoms with van der Waals surface area (Å²) in [6, 6.07) is 0. The van der Waals surface area contributed by atoms with Crippen LogP contribution in [-0.4, -0.2) is 23.0 Å². The molecule has 0 aromatic carbocycles. The minimum Gasteiger partial charge on any atom is -0.378 e. The Bertz CT molecular complexity index is 86.6. The fourth-order valence-electron chi connectivity index (χ4n) is 0.354. The van der Waals surface area contributed by atoms with E-state index in [0.29, 0.717) is 6.10 Å². The molecule has 1 heterocycles. The molecule has 54 valence electrons. The number of rotatable bonds is 0. The van der Waals surface area contributed by atoms with Gasteiger partial charge < -0.3 is 9.94 Å². The molecule has 1 atom stereocenters. The van der Waals surface area contributed by atoms with Crippen molar-refractivity contribution in [2.45, 2.75) is 19.4 Å². The van der Waals surface area contributed by atoms with Gasteiger partial charge in [0.2, 0.25) is 0 Å². The van der Waals surface area contributed by atoms with Gasteiger partial charge in [-0.15, -0.1) is 10.1 Å². The summed E-state index contributed by atoms with van der Waals surface area (Å²) in [7, 11) is 0. The van der Waals surface area contributed by atoms with E-state index in [0.717, 1.165) is 6.61 Å². The predicted molar refractivity (Wildman–Crippen MR) is 28.8 cm³/mol. The molecule has 1 aliphatic heterocycles. The lowest BCUT2D eigenvalue weighted by atomic mass is 10.2. The maximum Gasteiger partial charge on any atom is 0.291 e. The van der Waals surface area contributed by atoms with Crippen molar-refractivity contribution < 1.29 is 15.0 Å². The first kappa shape index (κ1) is 8.16. The lowest BCUT2D eigenvalue weighted by Crippen LogP contribution is -2.22. The summed E-state index contributed by atoms with van der Waals surface area (Å²) >= 11 is 0. The summed E-state index contributed by atoms with van der Waals surface area (Å²) in [5.74, 6) is 0. The Labute approximate surface area is 52.3 Å². The van der Waals surface area contributed by atoms with Crippen molar-refractivity contribution in [1.29, 1.82) is 0 Å². The summed E-state index contributed by atoms with van der Waals surface area (Å²) in [6.07, 6.45) is 1.83. The molecule has 1 N–H and O–H groups in total. The van der Waals surface area contributed by atoms with Gasteiger partial charge in [-0.1, -0.05) is 0 Å². The number of hydrogen-bond acceptors (Lipinski definition) is 3. The first-order valence-corrected chi connectivity index (χ1v) is 2.58. The summed E-state index contributed by atoms with van der Waals surface area (Å²) in [4.78, 5) is 8.36. The van der Waals surface area contributed by atoms with Crippen LogP contribution in [0.25, 0.3) is 0 Å². The average molecular weight is 135 g/mol. The molecule has 1 unspecified atom stereocenters. The Morgan fingerprint density at radius 3 is 2.11 bits per heavy atom. The third-order valence-corrected chi connectivity index (χ3v) is 0.927. The van der Waals surface area contributed by atoms with Gasteiger partial charge in [0.15, 0.2) is 0 Å². The first-order valence-electron chi connectivity index (χ1n) is 2.58. The van der Waals surface area contributed by atoms with Crippen LogP contribution in [0.5, 0.6) is 0 Å². The molecule has 0 spiro atoms. The van der Waals surface area contributed by atoms with E-state index in [1.807, 2.05) is 0 Å². The molecule has 9 heavy (non-hydrogen) atoms. The molecular weight excluding hydrogens is 126 g/mol. The highest BCUT2D eigenvalue weighted by molar-refractivity contribution is 4.57. The van der Waals surface area contributed by atoms with Crippen LogP contribution < -0.4 is 0 Å². The second-order valence-electron chi connectivity index (χ2n) is 1.71. The van der Waals surface area contributed by atoms with Gasteiger partial charge >= 0.3 is 0 Å². The van der Waals surface area contributed by atoms with E-state index in [9.17, 15) is 0 Å². The molecule has 0 aromatic heterocycles. The molecule has 0 bridgehead atoms. The number of ether oxygens (including phenoxy) is 1. The highest BCUT2D eigenvalue weighted by Crippen LogP contribution is 2.07. The Hall–Kier alpha value is -0.840. The van der Waals surface area contributed by atoms with Crippen molar-refractivity contribution in [2.75, 3.05) is 6.61 Å². The van der Waals surface area contributed by atoms with E-state index in [1.165, 1.54) is 6.42 Å². The summed E-state index contributed by atoms with van der Waals surface area (Å²) in [6.45, 7) is 3.07. The van der Waals surface area contributed by atoms with Crippen LogP contribution in [0.1, 0.15) is 13.3 Å². The fraction of sp³-hybridized carbons (Fsp3) is 1.00. The molecule has 0 saturated carbocycles. The summed E-state index contributed by atoms with van der Waals surface area (Å²) in [5.41, 5.74) is 0. The zero-order valence-electron chi connectivity index (χ0n) is 5.11. The molecule has 1 saturated heterocycles. The van der Waals surface area contributed by atoms with Crippen molar-refractivity contribution in [3.8, 4) is 0 Å². The van der Waals surface area contributed by atoms with Crippen molar-refractivity contribution in [2.24, 2.45) is 0 Å². The Morgan fingerprint density at radius 1 is 1.89 bits per heavy atom. The van der Waals surface area contributed by atoms with Gasteiger partial charge in [0.1, 0.15) is 0 Å².